The second kappa shape index (κ2) is 5.14. The lowest BCUT2D eigenvalue weighted by atomic mass is 10.2. The lowest BCUT2D eigenvalue weighted by molar-refractivity contribution is -0.121. The smallest absolute Gasteiger partial charge is 0.242 e. The van der Waals surface area contributed by atoms with Crippen molar-refractivity contribution in [1.29, 1.82) is 0 Å². The fraction of sp³-hybridized carbons (Fsp3) is 0.417. The topological polar surface area (TPSA) is 58.4 Å². The minimum Gasteiger partial charge on any atom is -0.397 e. The van der Waals surface area contributed by atoms with E-state index in [0.717, 1.165) is 12.8 Å². The van der Waals surface area contributed by atoms with Crippen molar-refractivity contribution >= 4 is 33.2 Å². The molecule has 1 fully saturated rings. The van der Waals surface area contributed by atoms with E-state index in [2.05, 4.69) is 21.2 Å². The van der Waals surface area contributed by atoms with Crippen molar-refractivity contribution in [2.45, 2.75) is 18.9 Å². The molecule has 1 saturated heterocycles. The maximum atomic E-state index is 13.6. The van der Waals surface area contributed by atoms with Gasteiger partial charge in [0.05, 0.1) is 15.8 Å². The first kappa shape index (κ1) is 13.1. The first-order valence-corrected chi connectivity index (χ1v) is 6.56. The van der Waals surface area contributed by atoms with Gasteiger partial charge in [0, 0.05) is 19.7 Å². The van der Waals surface area contributed by atoms with Gasteiger partial charge in [-0.2, -0.15) is 0 Å². The number of carbonyl (C=O) groups is 1. The van der Waals surface area contributed by atoms with Crippen molar-refractivity contribution in [1.82, 2.24) is 5.32 Å². The number of benzene rings is 1. The fourth-order valence-corrected chi connectivity index (χ4v) is 2.66. The lowest BCUT2D eigenvalue weighted by Crippen LogP contribution is -2.42. The lowest BCUT2D eigenvalue weighted by Gasteiger charge is -2.26. The molecule has 4 nitrogen and oxygen atoms in total. The molecule has 0 saturated carbocycles. The number of hydrogen-bond donors (Lipinski definition) is 2. The van der Waals surface area contributed by atoms with Crippen LogP contribution in [-0.2, 0) is 4.79 Å². The van der Waals surface area contributed by atoms with Crippen molar-refractivity contribution in [3.63, 3.8) is 0 Å². The van der Waals surface area contributed by atoms with Gasteiger partial charge in [0.1, 0.15) is 11.9 Å². The van der Waals surface area contributed by atoms with Gasteiger partial charge >= 0.3 is 0 Å². The Morgan fingerprint density at radius 2 is 2.33 bits per heavy atom. The summed E-state index contributed by atoms with van der Waals surface area (Å²) in [6.07, 6.45) is 1.66. The molecule has 1 aromatic rings. The summed E-state index contributed by atoms with van der Waals surface area (Å²) in [5.74, 6) is -0.433. The van der Waals surface area contributed by atoms with E-state index >= 15 is 0 Å². The highest BCUT2D eigenvalue weighted by Crippen LogP contribution is 2.34. The highest BCUT2D eigenvalue weighted by Gasteiger charge is 2.31. The first-order chi connectivity index (χ1) is 8.54. The van der Waals surface area contributed by atoms with Gasteiger partial charge in [0.25, 0.3) is 0 Å². The first-order valence-electron chi connectivity index (χ1n) is 5.77. The molecule has 3 N–H and O–H groups in total. The third-order valence-electron chi connectivity index (χ3n) is 3.18. The molecular weight excluding hydrogens is 301 g/mol. The number of nitrogen functional groups attached to an aromatic ring is 1. The fourth-order valence-electron chi connectivity index (χ4n) is 2.29. The van der Waals surface area contributed by atoms with Crippen LogP contribution in [0.3, 0.4) is 0 Å². The monoisotopic (exact) mass is 315 g/mol. The van der Waals surface area contributed by atoms with E-state index in [9.17, 15) is 9.18 Å². The molecule has 1 amide bonds. The predicted octanol–water partition coefficient (Wildman–Crippen LogP) is 1.89. The van der Waals surface area contributed by atoms with Crippen LogP contribution in [0.2, 0.25) is 0 Å². The number of hydrogen-bond acceptors (Lipinski definition) is 3. The normalized spacial score (nSPS) is 19.1. The maximum absolute atomic E-state index is 13.6. The average Bonchev–Trinajstić information content (AvgIpc) is 2.81. The SMILES string of the molecule is CNC(=O)C1CCCN1c1cc(F)c(Br)cc1N. The van der Waals surface area contributed by atoms with Gasteiger partial charge in [-0.25, -0.2) is 4.39 Å². The van der Waals surface area contributed by atoms with Gasteiger partial charge in [-0.15, -0.1) is 0 Å². The number of nitrogens with two attached hydrogens (primary N) is 1. The van der Waals surface area contributed by atoms with Gasteiger partial charge in [0.15, 0.2) is 0 Å². The minimum absolute atomic E-state index is 0.0600. The number of nitrogens with zero attached hydrogens (tertiary/aromatic N) is 1. The standard InChI is InChI=1S/C12H15BrFN3O/c1-16-12(18)10-3-2-4-17(10)11-6-8(14)7(13)5-9(11)15/h5-6,10H,2-4,15H2,1H3,(H,16,18). The van der Waals surface area contributed by atoms with E-state index in [1.807, 2.05) is 4.90 Å². The molecule has 0 spiro atoms. The van der Waals surface area contributed by atoms with E-state index < -0.39 is 0 Å². The summed E-state index contributed by atoms with van der Waals surface area (Å²) >= 11 is 3.09. The Morgan fingerprint density at radius 1 is 1.61 bits per heavy atom. The molecule has 1 aliphatic rings. The quantitative estimate of drug-likeness (QED) is 0.819. The van der Waals surface area contributed by atoms with Crippen molar-refractivity contribution in [2.75, 3.05) is 24.2 Å². The van der Waals surface area contributed by atoms with E-state index in [0.29, 0.717) is 22.4 Å². The molecule has 18 heavy (non-hydrogen) atoms. The molecule has 98 valence electrons. The Morgan fingerprint density at radius 3 is 3.00 bits per heavy atom. The molecular formula is C12H15BrFN3O. The van der Waals surface area contributed by atoms with Crippen LogP contribution in [0.25, 0.3) is 0 Å². The summed E-state index contributed by atoms with van der Waals surface area (Å²) in [6.45, 7) is 0.712. The number of carbonyl (C=O) groups excluding carboxylic acids is 1. The number of likely N-dealkylation sites (N-methyl/N-ethyl adjacent to an activating group) is 1. The summed E-state index contributed by atoms with van der Waals surface area (Å²) in [7, 11) is 1.60. The largest absolute Gasteiger partial charge is 0.397 e. The summed E-state index contributed by atoms with van der Waals surface area (Å²) in [5.41, 5.74) is 6.96. The second-order valence-electron chi connectivity index (χ2n) is 4.29. The van der Waals surface area contributed by atoms with Crippen LogP contribution in [0.1, 0.15) is 12.8 Å². The molecule has 2 rings (SSSR count). The Kier molecular flexibility index (Phi) is 3.75. The van der Waals surface area contributed by atoms with Crippen molar-refractivity contribution in [3.8, 4) is 0 Å². The average molecular weight is 316 g/mol. The molecule has 1 atom stereocenters. The molecule has 1 unspecified atom stereocenters. The summed E-state index contributed by atoms with van der Waals surface area (Å²) in [6, 6.07) is 2.64. The van der Waals surface area contributed by atoms with E-state index in [4.69, 9.17) is 5.73 Å². The van der Waals surface area contributed by atoms with Crippen molar-refractivity contribution < 1.29 is 9.18 Å². The van der Waals surface area contributed by atoms with Gasteiger partial charge in [-0.05, 0) is 34.8 Å². The Labute approximate surface area is 113 Å². The molecule has 6 heteroatoms. The third kappa shape index (κ3) is 2.29. The molecule has 1 aliphatic heterocycles. The third-order valence-corrected chi connectivity index (χ3v) is 3.79. The Balaban J connectivity index is 2.36. The van der Waals surface area contributed by atoms with Gasteiger partial charge in [0.2, 0.25) is 5.91 Å². The van der Waals surface area contributed by atoms with Crippen LogP contribution in [0.4, 0.5) is 15.8 Å². The number of rotatable bonds is 2. The molecule has 0 aliphatic carbocycles. The van der Waals surface area contributed by atoms with Gasteiger partial charge < -0.3 is 16.0 Å². The van der Waals surface area contributed by atoms with Crippen molar-refractivity contribution in [2.24, 2.45) is 0 Å². The Bertz CT molecular complexity index is 481. The second-order valence-corrected chi connectivity index (χ2v) is 5.15. The van der Waals surface area contributed by atoms with Gasteiger partial charge in [-0.1, -0.05) is 0 Å². The van der Waals surface area contributed by atoms with Crippen molar-refractivity contribution in [3.05, 3.63) is 22.4 Å². The van der Waals surface area contributed by atoms with Crippen LogP contribution < -0.4 is 16.0 Å². The number of halogens is 2. The Hall–Kier alpha value is -1.30. The zero-order valence-electron chi connectivity index (χ0n) is 10.0. The summed E-state index contributed by atoms with van der Waals surface area (Å²) < 4.78 is 13.9. The highest BCUT2D eigenvalue weighted by molar-refractivity contribution is 9.10. The molecule has 0 bridgehead atoms. The van der Waals surface area contributed by atoms with E-state index in [1.54, 1.807) is 7.05 Å². The molecule has 1 heterocycles. The summed E-state index contributed by atoms with van der Waals surface area (Å²) in [5, 5.41) is 2.63. The van der Waals surface area contributed by atoms with E-state index in [-0.39, 0.29) is 17.8 Å². The number of amides is 1. The number of nitrogens with one attached hydrogen (secondary N) is 1. The summed E-state index contributed by atoms with van der Waals surface area (Å²) in [4.78, 5) is 13.6. The zero-order chi connectivity index (χ0) is 13.3. The zero-order valence-corrected chi connectivity index (χ0v) is 11.6. The van der Waals surface area contributed by atoms with Crippen LogP contribution >= 0.6 is 15.9 Å². The van der Waals surface area contributed by atoms with Gasteiger partial charge in [-0.3, -0.25) is 4.79 Å². The van der Waals surface area contributed by atoms with Crippen LogP contribution in [0, 0.1) is 5.82 Å². The number of anilines is 2. The molecule has 0 aromatic heterocycles. The van der Waals surface area contributed by atoms with Crippen LogP contribution in [-0.4, -0.2) is 25.5 Å². The highest BCUT2D eigenvalue weighted by atomic mass is 79.9. The van der Waals surface area contributed by atoms with Crippen LogP contribution in [0.5, 0.6) is 0 Å². The minimum atomic E-state index is -0.373. The molecule has 0 radical (unpaired) electrons. The maximum Gasteiger partial charge on any atom is 0.242 e. The van der Waals surface area contributed by atoms with Crippen LogP contribution in [0.15, 0.2) is 16.6 Å². The van der Waals surface area contributed by atoms with E-state index in [1.165, 1.54) is 12.1 Å². The predicted molar refractivity (Wildman–Crippen MR) is 72.9 cm³/mol. The molecule has 1 aromatic carbocycles.